The van der Waals surface area contributed by atoms with Crippen LogP contribution >= 0.6 is 0 Å². The second-order valence-electron chi connectivity index (χ2n) is 6.61. The molecule has 2 aromatic rings. The van der Waals surface area contributed by atoms with Crippen LogP contribution in [0.2, 0.25) is 0 Å². The van der Waals surface area contributed by atoms with Crippen LogP contribution in [0.25, 0.3) is 11.0 Å². The molecule has 24 heavy (non-hydrogen) atoms. The second kappa shape index (κ2) is 7.27. The molecule has 3 heterocycles. The molecule has 1 aliphatic rings. The van der Waals surface area contributed by atoms with Gasteiger partial charge in [-0.15, -0.1) is 0 Å². The number of hydrogen-bond donors (Lipinski definition) is 1. The molecule has 1 aliphatic heterocycles. The van der Waals surface area contributed by atoms with E-state index < -0.39 is 0 Å². The molecule has 0 radical (unpaired) electrons. The third kappa shape index (κ3) is 3.73. The van der Waals surface area contributed by atoms with Crippen molar-refractivity contribution in [3.8, 4) is 0 Å². The van der Waals surface area contributed by atoms with Gasteiger partial charge in [0.15, 0.2) is 5.65 Å². The summed E-state index contributed by atoms with van der Waals surface area (Å²) in [7, 11) is 0. The topological polar surface area (TPSA) is 72.3 Å². The molecule has 130 valence electrons. The van der Waals surface area contributed by atoms with Gasteiger partial charge in [0.05, 0.1) is 25.0 Å². The van der Waals surface area contributed by atoms with Gasteiger partial charge in [-0.3, -0.25) is 9.69 Å². The summed E-state index contributed by atoms with van der Waals surface area (Å²) in [6.07, 6.45) is 3.38. The Balaban J connectivity index is 1.65. The van der Waals surface area contributed by atoms with E-state index in [9.17, 15) is 4.79 Å². The van der Waals surface area contributed by atoms with E-state index in [0.29, 0.717) is 5.56 Å². The summed E-state index contributed by atoms with van der Waals surface area (Å²) in [6.45, 7) is 10.3. The van der Waals surface area contributed by atoms with Crippen molar-refractivity contribution in [2.24, 2.45) is 0 Å². The van der Waals surface area contributed by atoms with Crippen LogP contribution in [0, 0.1) is 0 Å². The zero-order valence-electron chi connectivity index (χ0n) is 14.5. The van der Waals surface area contributed by atoms with E-state index in [0.717, 1.165) is 43.9 Å². The van der Waals surface area contributed by atoms with E-state index in [1.54, 1.807) is 12.4 Å². The first kappa shape index (κ1) is 16.9. The minimum atomic E-state index is -0.0949. The van der Waals surface area contributed by atoms with Gasteiger partial charge < -0.3 is 10.1 Å². The van der Waals surface area contributed by atoms with Gasteiger partial charge in [-0.1, -0.05) is 0 Å². The van der Waals surface area contributed by atoms with Gasteiger partial charge in [0.2, 0.25) is 0 Å². The van der Waals surface area contributed by atoms with Crippen molar-refractivity contribution in [1.29, 1.82) is 0 Å². The average molecular weight is 331 g/mol. The van der Waals surface area contributed by atoms with Gasteiger partial charge in [-0.05, 0) is 26.8 Å². The number of ether oxygens (including phenoxy) is 1. The second-order valence-corrected chi connectivity index (χ2v) is 6.61. The van der Waals surface area contributed by atoms with Crippen LogP contribution in [0.5, 0.6) is 0 Å². The van der Waals surface area contributed by atoms with Crippen molar-refractivity contribution in [2.45, 2.75) is 32.9 Å². The molecule has 3 rings (SSSR count). The molecule has 0 saturated carbocycles. The number of amides is 1. The van der Waals surface area contributed by atoms with Gasteiger partial charge in [-0.25, -0.2) is 9.67 Å². The Hall–Kier alpha value is -1.99. The smallest absolute Gasteiger partial charge is 0.253 e. The minimum absolute atomic E-state index is 0.0738. The number of carbonyl (C=O) groups is 1. The summed E-state index contributed by atoms with van der Waals surface area (Å²) >= 11 is 0. The van der Waals surface area contributed by atoms with Crippen molar-refractivity contribution in [3.63, 3.8) is 0 Å². The fourth-order valence-electron chi connectivity index (χ4n) is 2.97. The quantitative estimate of drug-likeness (QED) is 0.898. The van der Waals surface area contributed by atoms with Crippen molar-refractivity contribution in [3.05, 3.63) is 24.0 Å². The Labute approximate surface area is 142 Å². The normalized spacial score (nSPS) is 17.3. The van der Waals surface area contributed by atoms with E-state index in [4.69, 9.17) is 4.74 Å². The molecule has 1 N–H and O–H groups in total. The van der Waals surface area contributed by atoms with E-state index in [1.165, 1.54) is 0 Å². The van der Waals surface area contributed by atoms with Crippen LogP contribution in [0.3, 0.4) is 0 Å². The van der Waals surface area contributed by atoms with Gasteiger partial charge in [0.25, 0.3) is 5.91 Å². The number of carbonyl (C=O) groups excluding carboxylic acids is 1. The summed E-state index contributed by atoms with van der Waals surface area (Å²) in [4.78, 5) is 19.2. The molecular formula is C17H25N5O2. The maximum atomic E-state index is 12.5. The Morgan fingerprint density at radius 1 is 1.29 bits per heavy atom. The molecule has 0 aromatic carbocycles. The highest BCUT2D eigenvalue weighted by Crippen LogP contribution is 2.16. The number of aromatic nitrogens is 3. The molecule has 7 heteroatoms. The highest BCUT2D eigenvalue weighted by molar-refractivity contribution is 5.96. The number of nitrogens with one attached hydrogen (secondary N) is 1. The molecule has 2 aromatic heterocycles. The SMILES string of the molecule is CC(C)n1ncc2cc(C(=O)N[C@@H](C)CN3CCOCC3)cnc21. The molecule has 1 saturated heterocycles. The summed E-state index contributed by atoms with van der Waals surface area (Å²) in [5, 5.41) is 8.27. The van der Waals surface area contributed by atoms with Crippen LogP contribution in [0.15, 0.2) is 18.5 Å². The third-order valence-electron chi connectivity index (χ3n) is 4.20. The number of rotatable bonds is 5. The molecule has 1 atom stereocenters. The lowest BCUT2D eigenvalue weighted by atomic mass is 10.2. The predicted molar refractivity (Wildman–Crippen MR) is 92.1 cm³/mol. The number of nitrogens with zero attached hydrogens (tertiary/aromatic N) is 4. The highest BCUT2D eigenvalue weighted by Gasteiger charge is 2.17. The van der Waals surface area contributed by atoms with Gasteiger partial charge in [0, 0.05) is 43.3 Å². The number of pyridine rings is 1. The first-order valence-corrected chi connectivity index (χ1v) is 8.49. The first-order chi connectivity index (χ1) is 11.5. The van der Waals surface area contributed by atoms with Crippen LogP contribution in [0.1, 0.15) is 37.2 Å². The minimum Gasteiger partial charge on any atom is -0.379 e. The van der Waals surface area contributed by atoms with Crippen molar-refractivity contribution < 1.29 is 9.53 Å². The molecule has 1 amide bonds. The summed E-state index contributed by atoms with van der Waals surface area (Å²) in [5.41, 5.74) is 1.38. The summed E-state index contributed by atoms with van der Waals surface area (Å²) in [5.74, 6) is -0.0949. The predicted octanol–water partition coefficient (Wildman–Crippen LogP) is 1.46. The molecule has 7 nitrogen and oxygen atoms in total. The zero-order valence-corrected chi connectivity index (χ0v) is 14.5. The monoisotopic (exact) mass is 331 g/mol. The Kier molecular flexibility index (Phi) is 5.11. The summed E-state index contributed by atoms with van der Waals surface area (Å²) in [6, 6.07) is 2.17. The van der Waals surface area contributed by atoms with Crippen LogP contribution < -0.4 is 5.32 Å². The Bertz CT molecular complexity index is 706. The Morgan fingerprint density at radius 2 is 2.04 bits per heavy atom. The fourth-order valence-corrected chi connectivity index (χ4v) is 2.97. The van der Waals surface area contributed by atoms with E-state index in [2.05, 4.69) is 34.1 Å². The standard InChI is InChI=1S/C17H25N5O2/c1-12(2)22-16-14(10-19-22)8-15(9-18-16)17(23)20-13(3)11-21-4-6-24-7-5-21/h8-10,12-13H,4-7,11H2,1-3H3,(H,20,23)/t13-/m0/s1. The van der Waals surface area contributed by atoms with Crippen molar-refractivity contribution in [2.75, 3.05) is 32.8 Å². The molecule has 0 bridgehead atoms. The van der Waals surface area contributed by atoms with Crippen LogP contribution in [-0.2, 0) is 4.74 Å². The highest BCUT2D eigenvalue weighted by atomic mass is 16.5. The molecule has 0 spiro atoms. The lowest BCUT2D eigenvalue weighted by Crippen LogP contribution is -2.46. The van der Waals surface area contributed by atoms with E-state index in [-0.39, 0.29) is 18.0 Å². The maximum absolute atomic E-state index is 12.5. The number of hydrogen-bond acceptors (Lipinski definition) is 5. The number of fused-ring (bicyclic) bond motifs is 1. The number of morpholine rings is 1. The van der Waals surface area contributed by atoms with Gasteiger partial charge in [-0.2, -0.15) is 5.10 Å². The summed E-state index contributed by atoms with van der Waals surface area (Å²) < 4.78 is 7.21. The zero-order chi connectivity index (χ0) is 17.1. The largest absolute Gasteiger partial charge is 0.379 e. The van der Waals surface area contributed by atoms with Crippen LogP contribution in [-0.4, -0.2) is 64.5 Å². The average Bonchev–Trinajstić information content (AvgIpc) is 2.98. The lowest BCUT2D eigenvalue weighted by Gasteiger charge is -2.29. The lowest BCUT2D eigenvalue weighted by molar-refractivity contribution is 0.0342. The molecular weight excluding hydrogens is 306 g/mol. The van der Waals surface area contributed by atoms with Crippen molar-refractivity contribution >= 4 is 16.9 Å². The maximum Gasteiger partial charge on any atom is 0.253 e. The molecule has 1 fully saturated rings. The Morgan fingerprint density at radius 3 is 2.75 bits per heavy atom. The van der Waals surface area contributed by atoms with E-state index >= 15 is 0 Å². The van der Waals surface area contributed by atoms with E-state index in [1.807, 2.05) is 17.7 Å². The molecule has 0 aliphatic carbocycles. The fraction of sp³-hybridized carbons (Fsp3) is 0.588. The van der Waals surface area contributed by atoms with Gasteiger partial charge >= 0.3 is 0 Å². The molecule has 0 unspecified atom stereocenters. The van der Waals surface area contributed by atoms with Crippen molar-refractivity contribution in [1.82, 2.24) is 25.0 Å². The third-order valence-corrected chi connectivity index (χ3v) is 4.20. The van der Waals surface area contributed by atoms with Crippen LogP contribution in [0.4, 0.5) is 0 Å². The van der Waals surface area contributed by atoms with Gasteiger partial charge in [0.1, 0.15) is 0 Å². The first-order valence-electron chi connectivity index (χ1n) is 8.49.